The van der Waals surface area contributed by atoms with Gasteiger partial charge in [-0.25, -0.2) is 4.79 Å². The fourth-order valence-electron chi connectivity index (χ4n) is 3.33. The van der Waals surface area contributed by atoms with E-state index in [-0.39, 0.29) is 12.5 Å². The second-order valence-electron chi connectivity index (χ2n) is 5.75. The van der Waals surface area contributed by atoms with Crippen LogP contribution in [0.4, 0.5) is 4.79 Å². The maximum absolute atomic E-state index is 11.5. The lowest BCUT2D eigenvalue weighted by molar-refractivity contribution is -0.137. The predicted octanol–water partition coefficient (Wildman–Crippen LogP) is 1.73. The Morgan fingerprint density at radius 1 is 1.22 bits per heavy atom. The number of hydrogen-bond donors (Lipinski definition) is 3. The lowest BCUT2D eigenvalue weighted by Crippen LogP contribution is -2.41. The molecular weight excluding hydrogens is 232 g/mol. The van der Waals surface area contributed by atoms with E-state index in [0.29, 0.717) is 18.4 Å². The topological polar surface area (TPSA) is 78.4 Å². The second kappa shape index (κ2) is 5.59. The van der Waals surface area contributed by atoms with Gasteiger partial charge < -0.3 is 15.7 Å². The highest BCUT2D eigenvalue weighted by Gasteiger charge is 2.44. The molecular formula is C13H22N2O3. The van der Waals surface area contributed by atoms with Crippen molar-refractivity contribution >= 4 is 12.0 Å². The van der Waals surface area contributed by atoms with Crippen molar-refractivity contribution in [3.8, 4) is 0 Å². The molecule has 2 amide bonds. The molecule has 2 aliphatic rings. The van der Waals surface area contributed by atoms with E-state index in [2.05, 4.69) is 10.6 Å². The first-order valence-corrected chi connectivity index (χ1v) is 6.83. The number of amides is 2. The molecule has 0 heterocycles. The highest BCUT2D eigenvalue weighted by Crippen LogP contribution is 2.53. The molecule has 0 aromatic carbocycles. The summed E-state index contributed by atoms with van der Waals surface area (Å²) in [7, 11) is 0. The molecule has 0 unspecified atom stereocenters. The highest BCUT2D eigenvalue weighted by molar-refractivity contribution is 5.74. The van der Waals surface area contributed by atoms with Crippen molar-refractivity contribution in [2.75, 3.05) is 13.1 Å². The Morgan fingerprint density at radius 2 is 1.94 bits per heavy atom. The Morgan fingerprint density at radius 3 is 2.50 bits per heavy atom. The minimum Gasteiger partial charge on any atom is -0.481 e. The monoisotopic (exact) mass is 254 g/mol. The first-order chi connectivity index (χ1) is 8.60. The first-order valence-electron chi connectivity index (χ1n) is 6.83. The van der Waals surface area contributed by atoms with Gasteiger partial charge in [0, 0.05) is 19.5 Å². The van der Waals surface area contributed by atoms with E-state index in [1.54, 1.807) is 0 Å². The van der Waals surface area contributed by atoms with Crippen LogP contribution in [0.5, 0.6) is 0 Å². The molecule has 2 fully saturated rings. The number of aliphatic carboxylic acids is 1. The van der Waals surface area contributed by atoms with E-state index in [1.165, 1.54) is 32.1 Å². The fourth-order valence-corrected chi connectivity index (χ4v) is 3.33. The quantitative estimate of drug-likeness (QED) is 0.632. The van der Waals surface area contributed by atoms with E-state index < -0.39 is 5.97 Å². The van der Waals surface area contributed by atoms with E-state index >= 15 is 0 Å². The molecule has 102 valence electrons. The number of carboxylic acids is 1. The van der Waals surface area contributed by atoms with Gasteiger partial charge in [0.05, 0.1) is 0 Å². The van der Waals surface area contributed by atoms with Gasteiger partial charge in [-0.2, -0.15) is 0 Å². The number of fused-ring (bicyclic) bond motifs is 2. The van der Waals surface area contributed by atoms with Crippen LogP contribution in [0, 0.1) is 11.3 Å². The van der Waals surface area contributed by atoms with Crippen LogP contribution in [0.2, 0.25) is 0 Å². The van der Waals surface area contributed by atoms with Crippen LogP contribution in [0.25, 0.3) is 0 Å². The van der Waals surface area contributed by atoms with Gasteiger partial charge >= 0.3 is 12.0 Å². The van der Waals surface area contributed by atoms with Gasteiger partial charge in [-0.3, -0.25) is 4.79 Å². The van der Waals surface area contributed by atoms with Crippen molar-refractivity contribution in [1.82, 2.24) is 10.6 Å². The van der Waals surface area contributed by atoms with Crippen LogP contribution < -0.4 is 10.6 Å². The third-order valence-corrected chi connectivity index (χ3v) is 4.36. The van der Waals surface area contributed by atoms with Crippen LogP contribution in [0.15, 0.2) is 0 Å². The molecule has 0 aliphatic heterocycles. The molecule has 18 heavy (non-hydrogen) atoms. The van der Waals surface area contributed by atoms with Gasteiger partial charge in [0.25, 0.3) is 0 Å². The molecule has 2 bridgehead atoms. The molecule has 2 aliphatic carbocycles. The standard InChI is InChI=1S/C13H22N2O3/c16-11(17)2-1-7-14-12(18)15-9-13-5-3-10(8-13)4-6-13/h10H,1-9H2,(H,16,17)(H2,14,15,18). The molecule has 0 saturated heterocycles. The van der Waals surface area contributed by atoms with Gasteiger partial charge in [-0.1, -0.05) is 0 Å². The van der Waals surface area contributed by atoms with Crippen molar-refractivity contribution in [2.45, 2.75) is 44.9 Å². The van der Waals surface area contributed by atoms with E-state index in [9.17, 15) is 9.59 Å². The minimum absolute atomic E-state index is 0.103. The zero-order valence-electron chi connectivity index (χ0n) is 10.7. The molecule has 0 aromatic rings. The average Bonchev–Trinajstić information content (AvgIpc) is 2.93. The molecule has 5 heteroatoms. The lowest BCUT2D eigenvalue weighted by Gasteiger charge is -2.26. The van der Waals surface area contributed by atoms with Gasteiger partial charge in [-0.15, -0.1) is 0 Å². The number of carbonyl (C=O) groups excluding carboxylic acids is 1. The van der Waals surface area contributed by atoms with E-state index in [4.69, 9.17) is 5.11 Å². The van der Waals surface area contributed by atoms with Gasteiger partial charge in [0.1, 0.15) is 0 Å². The first kappa shape index (κ1) is 13.2. The molecule has 0 radical (unpaired) electrons. The molecule has 5 nitrogen and oxygen atoms in total. The summed E-state index contributed by atoms with van der Waals surface area (Å²) in [6.07, 6.45) is 6.99. The van der Waals surface area contributed by atoms with Gasteiger partial charge in [0.2, 0.25) is 0 Å². The highest BCUT2D eigenvalue weighted by atomic mass is 16.4. The third-order valence-electron chi connectivity index (χ3n) is 4.36. The van der Waals surface area contributed by atoms with Crippen molar-refractivity contribution in [2.24, 2.45) is 11.3 Å². The SMILES string of the molecule is O=C(O)CCCNC(=O)NCC12CCC(CC1)C2. The summed E-state index contributed by atoms with van der Waals surface area (Å²) in [5, 5.41) is 14.1. The Balaban J connectivity index is 1.59. The summed E-state index contributed by atoms with van der Waals surface area (Å²) in [6, 6.07) is -0.162. The smallest absolute Gasteiger partial charge is 0.314 e. The molecule has 3 N–H and O–H groups in total. The van der Waals surface area contributed by atoms with Crippen LogP contribution in [0.1, 0.15) is 44.9 Å². The molecule has 0 atom stereocenters. The van der Waals surface area contributed by atoms with Gasteiger partial charge in [0.15, 0.2) is 0 Å². The molecule has 0 spiro atoms. The Kier molecular flexibility index (Phi) is 4.09. The van der Waals surface area contributed by atoms with Crippen molar-refractivity contribution in [3.63, 3.8) is 0 Å². The number of urea groups is 1. The Labute approximate surface area is 107 Å². The number of rotatable bonds is 6. The Hall–Kier alpha value is -1.26. The lowest BCUT2D eigenvalue weighted by atomic mass is 9.84. The largest absolute Gasteiger partial charge is 0.481 e. The fraction of sp³-hybridized carbons (Fsp3) is 0.846. The molecule has 0 aromatic heterocycles. The van der Waals surface area contributed by atoms with Crippen molar-refractivity contribution in [3.05, 3.63) is 0 Å². The Bertz CT molecular complexity index is 322. The van der Waals surface area contributed by atoms with Crippen molar-refractivity contribution < 1.29 is 14.7 Å². The van der Waals surface area contributed by atoms with Crippen molar-refractivity contribution in [1.29, 1.82) is 0 Å². The number of carbonyl (C=O) groups is 2. The molecule has 2 rings (SSSR count). The van der Waals surface area contributed by atoms with E-state index in [0.717, 1.165) is 12.5 Å². The number of nitrogens with one attached hydrogen (secondary N) is 2. The normalized spacial score (nSPS) is 29.2. The maximum Gasteiger partial charge on any atom is 0.314 e. The van der Waals surface area contributed by atoms with Crippen LogP contribution in [-0.4, -0.2) is 30.2 Å². The minimum atomic E-state index is -0.820. The molecule has 2 saturated carbocycles. The number of hydrogen-bond acceptors (Lipinski definition) is 2. The van der Waals surface area contributed by atoms with Crippen LogP contribution in [-0.2, 0) is 4.79 Å². The zero-order chi connectivity index (χ0) is 13.0. The van der Waals surface area contributed by atoms with Gasteiger partial charge in [-0.05, 0) is 49.9 Å². The zero-order valence-corrected chi connectivity index (χ0v) is 10.7. The maximum atomic E-state index is 11.5. The van der Waals surface area contributed by atoms with Crippen LogP contribution >= 0.6 is 0 Å². The summed E-state index contributed by atoms with van der Waals surface area (Å²) >= 11 is 0. The summed E-state index contributed by atoms with van der Waals surface area (Å²) in [6.45, 7) is 1.20. The third kappa shape index (κ3) is 3.37. The average molecular weight is 254 g/mol. The van der Waals surface area contributed by atoms with Crippen LogP contribution in [0.3, 0.4) is 0 Å². The predicted molar refractivity (Wildman–Crippen MR) is 67.3 cm³/mol. The summed E-state index contributed by atoms with van der Waals surface area (Å²) in [4.78, 5) is 21.8. The second-order valence-corrected chi connectivity index (χ2v) is 5.75. The summed E-state index contributed by atoms with van der Waals surface area (Å²) < 4.78 is 0. The number of carboxylic acid groups (broad SMARTS) is 1. The summed E-state index contributed by atoms with van der Waals surface area (Å²) in [5.41, 5.74) is 0.364. The summed E-state index contributed by atoms with van der Waals surface area (Å²) in [5.74, 6) is 0.0736. The van der Waals surface area contributed by atoms with E-state index in [1.807, 2.05) is 0 Å².